The van der Waals surface area contributed by atoms with Crippen LogP contribution in [0.15, 0.2) is 18.2 Å². The van der Waals surface area contributed by atoms with Crippen molar-refractivity contribution in [3.05, 3.63) is 23.8 Å². The molecule has 0 heterocycles. The molecule has 8 heteroatoms. The van der Waals surface area contributed by atoms with E-state index in [1.807, 2.05) is 0 Å². The van der Waals surface area contributed by atoms with Crippen LogP contribution in [0, 0.1) is 5.92 Å². The van der Waals surface area contributed by atoms with Crippen LogP contribution < -0.4 is 26.1 Å². The molecular formula is C19H29N3O5. The average molecular weight is 379 g/mol. The Bertz CT molecular complexity index is 673. The predicted octanol–water partition coefficient (Wildman–Crippen LogP) is 1.12. The molecule has 0 bridgehead atoms. The van der Waals surface area contributed by atoms with Crippen LogP contribution >= 0.6 is 0 Å². The number of nitrogens with two attached hydrogens (primary N) is 1. The molecule has 2 rings (SSSR count). The maximum absolute atomic E-state index is 12.3. The maximum Gasteiger partial charge on any atom is 0.269 e. The fraction of sp³-hybridized carbons (Fsp3) is 0.579. The van der Waals surface area contributed by atoms with E-state index in [1.54, 1.807) is 19.1 Å². The van der Waals surface area contributed by atoms with Crippen LogP contribution in [0.4, 0.5) is 0 Å². The van der Waals surface area contributed by atoms with Gasteiger partial charge in [-0.3, -0.25) is 20.4 Å². The van der Waals surface area contributed by atoms with E-state index in [0.29, 0.717) is 11.5 Å². The number of hydrogen-bond donors (Lipinski definition) is 4. The minimum Gasteiger partial charge on any atom is -0.493 e. The van der Waals surface area contributed by atoms with Gasteiger partial charge in [-0.15, -0.1) is 0 Å². The highest BCUT2D eigenvalue weighted by Crippen LogP contribution is 2.33. The SMILES string of the molecule is COc1ccc(C(=O)NNC(=O)C(O)[C@H](C)C2(N)CCCCC2)cc1OC. The summed E-state index contributed by atoms with van der Waals surface area (Å²) in [4.78, 5) is 24.5. The lowest BCUT2D eigenvalue weighted by atomic mass is 9.72. The van der Waals surface area contributed by atoms with Crippen LogP contribution in [-0.4, -0.2) is 42.8 Å². The van der Waals surface area contributed by atoms with Gasteiger partial charge in [0.25, 0.3) is 11.8 Å². The van der Waals surface area contributed by atoms with Gasteiger partial charge in [-0.1, -0.05) is 26.2 Å². The lowest BCUT2D eigenvalue weighted by Gasteiger charge is -2.40. The lowest BCUT2D eigenvalue weighted by molar-refractivity contribution is -0.134. The Morgan fingerprint density at radius 1 is 1.11 bits per heavy atom. The van der Waals surface area contributed by atoms with Crippen LogP contribution in [-0.2, 0) is 4.79 Å². The van der Waals surface area contributed by atoms with Gasteiger partial charge in [0.1, 0.15) is 6.10 Å². The number of carbonyl (C=O) groups excluding carboxylic acids is 2. The number of aliphatic hydroxyl groups excluding tert-OH is 1. The van der Waals surface area contributed by atoms with Crippen LogP contribution in [0.3, 0.4) is 0 Å². The van der Waals surface area contributed by atoms with Crippen molar-refractivity contribution in [1.82, 2.24) is 10.9 Å². The van der Waals surface area contributed by atoms with Crippen LogP contribution in [0.5, 0.6) is 11.5 Å². The molecule has 0 radical (unpaired) electrons. The first-order valence-corrected chi connectivity index (χ1v) is 9.11. The van der Waals surface area contributed by atoms with E-state index in [0.717, 1.165) is 32.1 Å². The third-order valence-corrected chi connectivity index (χ3v) is 5.38. The van der Waals surface area contributed by atoms with Gasteiger partial charge < -0.3 is 20.3 Å². The van der Waals surface area contributed by atoms with Gasteiger partial charge in [-0.25, -0.2) is 0 Å². The molecule has 1 aromatic carbocycles. The Labute approximate surface area is 159 Å². The Balaban J connectivity index is 1.95. The van der Waals surface area contributed by atoms with Crippen molar-refractivity contribution in [2.45, 2.75) is 50.7 Å². The highest BCUT2D eigenvalue weighted by atomic mass is 16.5. The molecule has 8 nitrogen and oxygen atoms in total. The second-order valence-corrected chi connectivity index (χ2v) is 7.04. The van der Waals surface area contributed by atoms with Gasteiger partial charge in [0.2, 0.25) is 0 Å². The first-order valence-electron chi connectivity index (χ1n) is 9.11. The van der Waals surface area contributed by atoms with Gasteiger partial charge in [-0.05, 0) is 31.0 Å². The second kappa shape index (κ2) is 9.05. The van der Waals surface area contributed by atoms with Gasteiger partial charge in [-0.2, -0.15) is 0 Å². The molecule has 27 heavy (non-hydrogen) atoms. The molecule has 1 aliphatic rings. The van der Waals surface area contributed by atoms with Crippen LogP contribution in [0.1, 0.15) is 49.4 Å². The summed E-state index contributed by atoms with van der Waals surface area (Å²) in [7, 11) is 2.96. The van der Waals surface area contributed by atoms with E-state index in [1.165, 1.54) is 20.3 Å². The molecule has 1 saturated carbocycles. The zero-order chi connectivity index (χ0) is 20.0. The van der Waals surface area contributed by atoms with Crippen LogP contribution in [0.25, 0.3) is 0 Å². The standard InChI is InChI=1S/C19H29N3O5/c1-12(19(20)9-5-4-6-10-19)16(23)18(25)22-21-17(24)13-7-8-14(26-2)15(11-13)27-3/h7-8,11-12,16,23H,4-6,9-10,20H2,1-3H3,(H,21,24)(H,22,25)/t12-,16?/m0/s1. The molecule has 150 valence electrons. The molecular weight excluding hydrogens is 350 g/mol. The molecule has 0 aliphatic heterocycles. The Hall–Kier alpha value is -2.32. The third kappa shape index (κ3) is 4.90. The fourth-order valence-corrected chi connectivity index (χ4v) is 3.45. The summed E-state index contributed by atoms with van der Waals surface area (Å²) in [6, 6.07) is 4.63. The first-order chi connectivity index (χ1) is 12.8. The summed E-state index contributed by atoms with van der Waals surface area (Å²) in [5.74, 6) is -0.762. The highest BCUT2D eigenvalue weighted by molar-refractivity contribution is 5.96. The lowest BCUT2D eigenvalue weighted by Crippen LogP contribution is -2.57. The Kier molecular flexibility index (Phi) is 7.04. The Morgan fingerprint density at radius 3 is 2.33 bits per heavy atom. The second-order valence-electron chi connectivity index (χ2n) is 7.04. The van der Waals surface area contributed by atoms with E-state index in [2.05, 4.69) is 10.9 Å². The number of aliphatic hydroxyl groups is 1. The number of carbonyl (C=O) groups is 2. The van der Waals surface area contributed by atoms with Crippen LogP contribution in [0.2, 0.25) is 0 Å². The average Bonchev–Trinajstić information content (AvgIpc) is 2.70. The third-order valence-electron chi connectivity index (χ3n) is 5.38. The number of nitrogens with one attached hydrogen (secondary N) is 2. The van der Waals surface area contributed by atoms with E-state index < -0.39 is 29.4 Å². The van der Waals surface area contributed by atoms with E-state index in [9.17, 15) is 14.7 Å². The predicted molar refractivity (Wildman–Crippen MR) is 100 cm³/mol. The minimum atomic E-state index is -1.31. The maximum atomic E-state index is 12.3. The number of methoxy groups -OCH3 is 2. The molecule has 2 atom stereocenters. The summed E-state index contributed by atoms with van der Waals surface area (Å²) in [6.45, 7) is 1.77. The highest BCUT2D eigenvalue weighted by Gasteiger charge is 2.39. The van der Waals surface area contributed by atoms with Crippen molar-refractivity contribution in [2.75, 3.05) is 14.2 Å². The minimum absolute atomic E-state index is 0.276. The quantitative estimate of drug-likeness (QED) is 0.550. The first kappa shape index (κ1) is 21.0. The number of amides is 2. The van der Waals surface area contributed by atoms with Crippen molar-refractivity contribution in [3.63, 3.8) is 0 Å². The molecule has 0 aromatic heterocycles. The molecule has 1 unspecified atom stereocenters. The summed E-state index contributed by atoms with van der Waals surface area (Å²) in [5.41, 5.74) is 10.7. The van der Waals surface area contributed by atoms with E-state index in [-0.39, 0.29) is 5.56 Å². The molecule has 1 aliphatic carbocycles. The van der Waals surface area contributed by atoms with E-state index in [4.69, 9.17) is 15.2 Å². The number of rotatable bonds is 6. The summed E-state index contributed by atoms with van der Waals surface area (Å²) < 4.78 is 10.3. The number of benzene rings is 1. The number of hydrazine groups is 1. The van der Waals surface area contributed by atoms with Gasteiger partial charge in [0.15, 0.2) is 11.5 Å². The topological polar surface area (TPSA) is 123 Å². The van der Waals surface area contributed by atoms with Gasteiger partial charge in [0, 0.05) is 17.0 Å². The van der Waals surface area contributed by atoms with Crippen molar-refractivity contribution >= 4 is 11.8 Å². The van der Waals surface area contributed by atoms with E-state index >= 15 is 0 Å². The molecule has 5 N–H and O–H groups in total. The molecule has 0 spiro atoms. The van der Waals surface area contributed by atoms with Gasteiger partial charge >= 0.3 is 0 Å². The summed E-state index contributed by atoms with van der Waals surface area (Å²) in [6.07, 6.45) is 3.34. The van der Waals surface area contributed by atoms with Crippen molar-refractivity contribution < 1.29 is 24.2 Å². The molecule has 2 amide bonds. The zero-order valence-corrected chi connectivity index (χ0v) is 16.1. The number of hydrogen-bond acceptors (Lipinski definition) is 6. The summed E-state index contributed by atoms with van der Waals surface area (Å²) in [5, 5.41) is 10.4. The smallest absolute Gasteiger partial charge is 0.269 e. The summed E-state index contributed by atoms with van der Waals surface area (Å²) >= 11 is 0. The zero-order valence-electron chi connectivity index (χ0n) is 16.1. The number of ether oxygens (including phenoxy) is 2. The van der Waals surface area contributed by atoms with Gasteiger partial charge in [0.05, 0.1) is 14.2 Å². The van der Waals surface area contributed by atoms with Crippen molar-refractivity contribution in [3.8, 4) is 11.5 Å². The fourth-order valence-electron chi connectivity index (χ4n) is 3.45. The molecule has 0 saturated heterocycles. The monoisotopic (exact) mass is 379 g/mol. The molecule has 1 fully saturated rings. The van der Waals surface area contributed by atoms with Crippen molar-refractivity contribution in [1.29, 1.82) is 0 Å². The van der Waals surface area contributed by atoms with Crippen molar-refractivity contribution in [2.24, 2.45) is 11.7 Å². The Morgan fingerprint density at radius 2 is 1.74 bits per heavy atom. The normalized spacial score (nSPS) is 18.1. The largest absolute Gasteiger partial charge is 0.493 e. The molecule has 1 aromatic rings.